The Morgan fingerprint density at radius 2 is 1.96 bits per heavy atom. The average molecular weight is 367 g/mol. The van der Waals surface area contributed by atoms with Gasteiger partial charge in [0, 0.05) is 0 Å². The lowest BCUT2D eigenvalue weighted by Gasteiger charge is -2.18. The van der Waals surface area contributed by atoms with E-state index in [-0.39, 0.29) is 6.42 Å². The number of ether oxygens (including phenoxy) is 1. The number of hydrogen-bond donors (Lipinski definition) is 1. The summed E-state index contributed by atoms with van der Waals surface area (Å²) in [5.74, 6) is 2.08. The Labute approximate surface area is 162 Å². The van der Waals surface area contributed by atoms with Crippen molar-refractivity contribution in [2.24, 2.45) is 5.92 Å². The van der Waals surface area contributed by atoms with Crippen molar-refractivity contribution < 1.29 is 14.6 Å². The minimum Gasteiger partial charge on any atom is -0.494 e. The van der Waals surface area contributed by atoms with E-state index in [1.807, 2.05) is 25.1 Å². The molecule has 0 aliphatic heterocycles. The second-order valence-electron chi connectivity index (χ2n) is 7.83. The van der Waals surface area contributed by atoms with Gasteiger partial charge >= 0.3 is 5.97 Å². The standard InChI is InChI=1S/C24H30O3/c1-3-27-23-6-4-5-21(16-23)17(2)13-19-9-12-22(14-19)20-10-7-18(8-11-20)15-24(25)26/h4-8,10-11,16-17,19,22H,3,9,12-15H2,1-2H3,(H,25,26)/t17-,19+,22+/m0/s1. The Bertz CT molecular complexity index is 750. The number of rotatable bonds is 8. The Kier molecular flexibility index (Phi) is 6.54. The maximum atomic E-state index is 10.8. The molecule has 3 heteroatoms. The molecule has 1 fully saturated rings. The molecule has 0 unspecified atom stereocenters. The number of aliphatic carboxylic acids is 1. The first-order chi connectivity index (χ1) is 13.0. The van der Waals surface area contributed by atoms with Gasteiger partial charge in [-0.3, -0.25) is 4.79 Å². The summed E-state index contributed by atoms with van der Waals surface area (Å²) in [6.45, 7) is 5.04. The SMILES string of the molecule is CCOc1cccc([C@@H](C)C[C@H]2CC[C@@H](c3ccc(CC(=O)O)cc3)C2)c1. The lowest BCUT2D eigenvalue weighted by molar-refractivity contribution is -0.136. The molecule has 0 aromatic heterocycles. The van der Waals surface area contributed by atoms with Crippen molar-refractivity contribution in [3.05, 3.63) is 65.2 Å². The monoisotopic (exact) mass is 366 g/mol. The average Bonchev–Trinajstić information content (AvgIpc) is 3.11. The van der Waals surface area contributed by atoms with Crippen molar-refractivity contribution in [3.8, 4) is 5.75 Å². The first-order valence-electron chi connectivity index (χ1n) is 10.1. The Morgan fingerprint density at radius 1 is 1.19 bits per heavy atom. The highest BCUT2D eigenvalue weighted by Crippen LogP contribution is 2.42. The zero-order chi connectivity index (χ0) is 19.2. The fourth-order valence-corrected chi connectivity index (χ4v) is 4.39. The summed E-state index contributed by atoms with van der Waals surface area (Å²) in [4.78, 5) is 10.8. The molecule has 2 aromatic carbocycles. The van der Waals surface area contributed by atoms with Gasteiger partial charge in [0.1, 0.15) is 5.75 Å². The largest absolute Gasteiger partial charge is 0.494 e. The van der Waals surface area contributed by atoms with Crippen molar-refractivity contribution >= 4 is 5.97 Å². The van der Waals surface area contributed by atoms with Crippen molar-refractivity contribution in [2.75, 3.05) is 6.61 Å². The maximum Gasteiger partial charge on any atom is 0.307 e. The number of carbonyl (C=O) groups is 1. The fourth-order valence-electron chi connectivity index (χ4n) is 4.39. The van der Waals surface area contributed by atoms with Crippen molar-refractivity contribution in [3.63, 3.8) is 0 Å². The van der Waals surface area contributed by atoms with Crippen LogP contribution < -0.4 is 4.74 Å². The first-order valence-corrected chi connectivity index (χ1v) is 10.1. The highest BCUT2D eigenvalue weighted by atomic mass is 16.5. The molecule has 0 bridgehead atoms. The van der Waals surface area contributed by atoms with Gasteiger partial charge in [0.15, 0.2) is 0 Å². The van der Waals surface area contributed by atoms with Gasteiger partial charge in [-0.2, -0.15) is 0 Å². The van der Waals surface area contributed by atoms with Crippen LogP contribution in [0.1, 0.15) is 68.1 Å². The molecule has 0 amide bonds. The number of hydrogen-bond acceptors (Lipinski definition) is 2. The Morgan fingerprint density at radius 3 is 2.67 bits per heavy atom. The van der Waals surface area contributed by atoms with E-state index in [4.69, 9.17) is 9.84 Å². The molecule has 144 valence electrons. The minimum absolute atomic E-state index is 0.103. The van der Waals surface area contributed by atoms with Crippen LogP contribution in [-0.4, -0.2) is 17.7 Å². The zero-order valence-electron chi connectivity index (χ0n) is 16.4. The molecule has 3 rings (SSSR count). The van der Waals surface area contributed by atoms with Crippen LogP contribution in [0.25, 0.3) is 0 Å². The molecule has 0 saturated heterocycles. The van der Waals surface area contributed by atoms with Crippen LogP contribution in [-0.2, 0) is 11.2 Å². The first kappa shape index (κ1) is 19.5. The van der Waals surface area contributed by atoms with Crippen LogP contribution in [0.5, 0.6) is 5.75 Å². The third-order valence-electron chi connectivity index (χ3n) is 5.77. The lowest BCUT2D eigenvalue weighted by atomic mass is 9.88. The van der Waals surface area contributed by atoms with Crippen LogP contribution in [0.2, 0.25) is 0 Å². The molecule has 1 N–H and O–H groups in total. The van der Waals surface area contributed by atoms with Crippen LogP contribution in [0, 0.1) is 5.92 Å². The topological polar surface area (TPSA) is 46.5 Å². The van der Waals surface area contributed by atoms with Crippen molar-refractivity contribution in [2.45, 2.75) is 57.8 Å². The molecule has 3 atom stereocenters. The molecule has 2 aromatic rings. The number of benzene rings is 2. The van der Waals surface area contributed by atoms with Crippen LogP contribution in [0.4, 0.5) is 0 Å². The lowest BCUT2D eigenvalue weighted by Crippen LogP contribution is -2.04. The molecular weight excluding hydrogens is 336 g/mol. The molecule has 0 heterocycles. The maximum absolute atomic E-state index is 10.8. The molecule has 27 heavy (non-hydrogen) atoms. The molecular formula is C24H30O3. The van der Waals surface area contributed by atoms with E-state index in [2.05, 4.69) is 37.3 Å². The molecule has 1 saturated carbocycles. The summed E-state index contributed by atoms with van der Waals surface area (Å²) in [6, 6.07) is 16.7. The van der Waals surface area contributed by atoms with Gasteiger partial charge in [-0.15, -0.1) is 0 Å². The van der Waals surface area contributed by atoms with Gasteiger partial charge < -0.3 is 9.84 Å². The smallest absolute Gasteiger partial charge is 0.307 e. The van der Waals surface area contributed by atoms with Crippen LogP contribution in [0.3, 0.4) is 0 Å². The van der Waals surface area contributed by atoms with E-state index in [9.17, 15) is 4.79 Å². The number of carboxylic acids is 1. The van der Waals surface area contributed by atoms with Gasteiger partial charge in [-0.1, -0.05) is 43.3 Å². The quantitative estimate of drug-likeness (QED) is 0.643. The van der Waals surface area contributed by atoms with E-state index in [1.54, 1.807) is 0 Å². The summed E-state index contributed by atoms with van der Waals surface area (Å²) < 4.78 is 5.64. The Hall–Kier alpha value is -2.29. The number of carboxylic acid groups (broad SMARTS) is 1. The summed E-state index contributed by atoms with van der Waals surface area (Å²) in [5.41, 5.74) is 3.60. The molecule has 1 aliphatic carbocycles. The van der Waals surface area contributed by atoms with E-state index in [0.717, 1.165) is 17.2 Å². The van der Waals surface area contributed by atoms with E-state index < -0.39 is 5.97 Å². The third-order valence-corrected chi connectivity index (χ3v) is 5.77. The van der Waals surface area contributed by atoms with Crippen LogP contribution >= 0.6 is 0 Å². The molecule has 1 aliphatic rings. The molecule has 0 radical (unpaired) electrons. The van der Waals surface area contributed by atoms with Gasteiger partial charge in [0.05, 0.1) is 13.0 Å². The third kappa shape index (κ3) is 5.35. The summed E-state index contributed by atoms with van der Waals surface area (Å²) >= 11 is 0. The van der Waals surface area contributed by atoms with Crippen molar-refractivity contribution in [1.82, 2.24) is 0 Å². The highest BCUT2D eigenvalue weighted by Gasteiger charge is 2.27. The zero-order valence-corrected chi connectivity index (χ0v) is 16.4. The second-order valence-corrected chi connectivity index (χ2v) is 7.83. The summed E-state index contributed by atoms with van der Waals surface area (Å²) in [5, 5.41) is 8.90. The molecule has 3 nitrogen and oxygen atoms in total. The van der Waals surface area contributed by atoms with Crippen molar-refractivity contribution in [1.29, 1.82) is 0 Å². The highest BCUT2D eigenvalue weighted by molar-refractivity contribution is 5.70. The fraction of sp³-hybridized carbons (Fsp3) is 0.458. The van der Waals surface area contributed by atoms with E-state index >= 15 is 0 Å². The van der Waals surface area contributed by atoms with E-state index in [1.165, 1.54) is 36.8 Å². The van der Waals surface area contributed by atoms with E-state index in [0.29, 0.717) is 18.4 Å². The van der Waals surface area contributed by atoms with Gasteiger partial charge in [-0.05, 0) is 79.2 Å². The summed E-state index contributed by atoms with van der Waals surface area (Å²) in [7, 11) is 0. The second kappa shape index (κ2) is 9.07. The normalized spacial score (nSPS) is 20.4. The minimum atomic E-state index is -0.772. The predicted octanol–water partition coefficient (Wildman–Crippen LogP) is 5.79. The summed E-state index contributed by atoms with van der Waals surface area (Å²) in [6.07, 6.45) is 5.05. The Balaban J connectivity index is 1.56. The van der Waals surface area contributed by atoms with Gasteiger partial charge in [-0.25, -0.2) is 0 Å². The molecule has 0 spiro atoms. The van der Waals surface area contributed by atoms with Gasteiger partial charge in [0.25, 0.3) is 0 Å². The van der Waals surface area contributed by atoms with Gasteiger partial charge in [0.2, 0.25) is 0 Å². The predicted molar refractivity (Wildman–Crippen MR) is 109 cm³/mol. The van der Waals surface area contributed by atoms with Crippen LogP contribution in [0.15, 0.2) is 48.5 Å².